The summed E-state index contributed by atoms with van der Waals surface area (Å²) in [6, 6.07) is 0.437. The van der Waals surface area contributed by atoms with E-state index in [1.54, 1.807) is 0 Å². The van der Waals surface area contributed by atoms with Crippen molar-refractivity contribution >= 4 is 11.3 Å². The number of thiazole rings is 1. The molecular weight excluding hydrogens is 266 g/mol. The third kappa shape index (κ3) is 4.03. The minimum absolute atomic E-state index is 0.155. The van der Waals surface area contributed by atoms with Gasteiger partial charge < -0.3 is 10.2 Å². The maximum Gasteiger partial charge on any atom is 0.0947 e. The third-order valence-electron chi connectivity index (χ3n) is 4.58. The summed E-state index contributed by atoms with van der Waals surface area (Å²) < 4.78 is 0. The Bertz CT molecular complexity index is 394. The van der Waals surface area contributed by atoms with Crippen LogP contribution in [0.2, 0.25) is 0 Å². The molecule has 0 amide bonds. The van der Waals surface area contributed by atoms with Crippen molar-refractivity contribution in [2.24, 2.45) is 0 Å². The van der Waals surface area contributed by atoms with Gasteiger partial charge in [-0.25, -0.2) is 4.98 Å². The van der Waals surface area contributed by atoms with E-state index in [9.17, 15) is 0 Å². The predicted molar refractivity (Wildman–Crippen MR) is 89.8 cm³/mol. The van der Waals surface area contributed by atoms with E-state index < -0.39 is 0 Å². The van der Waals surface area contributed by atoms with Crippen molar-refractivity contribution in [1.82, 2.24) is 15.2 Å². The van der Waals surface area contributed by atoms with Crippen LogP contribution in [0.25, 0.3) is 0 Å². The van der Waals surface area contributed by atoms with Gasteiger partial charge in [-0.2, -0.15) is 0 Å². The summed E-state index contributed by atoms with van der Waals surface area (Å²) in [5, 5.41) is 5.00. The Labute approximate surface area is 128 Å². The number of hydrogen-bond donors (Lipinski definition) is 1. The Hall–Kier alpha value is -0.450. The van der Waals surface area contributed by atoms with Crippen molar-refractivity contribution in [3.63, 3.8) is 0 Å². The first-order valence-electron chi connectivity index (χ1n) is 7.68. The Morgan fingerprint density at radius 1 is 1.30 bits per heavy atom. The van der Waals surface area contributed by atoms with Crippen molar-refractivity contribution < 1.29 is 0 Å². The smallest absolute Gasteiger partial charge is 0.0947 e. The van der Waals surface area contributed by atoms with E-state index in [-0.39, 0.29) is 5.54 Å². The van der Waals surface area contributed by atoms with Gasteiger partial charge in [-0.15, -0.1) is 11.3 Å². The summed E-state index contributed by atoms with van der Waals surface area (Å²) in [5.41, 5.74) is 1.34. The highest BCUT2D eigenvalue weighted by molar-refractivity contribution is 7.11. The molecule has 1 aromatic heterocycles. The Balaban J connectivity index is 2.93. The molecule has 2 unspecified atom stereocenters. The summed E-state index contributed by atoms with van der Waals surface area (Å²) in [6.07, 6.45) is 3.31. The van der Waals surface area contributed by atoms with Gasteiger partial charge in [-0.1, -0.05) is 13.8 Å². The van der Waals surface area contributed by atoms with Crippen LogP contribution in [0.1, 0.15) is 49.2 Å². The van der Waals surface area contributed by atoms with E-state index in [0.29, 0.717) is 6.04 Å². The van der Waals surface area contributed by atoms with E-state index in [1.165, 1.54) is 22.0 Å². The number of nitrogens with zero attached hydrogens (tertiary/aromatic N) is 2. The van der Waals surface area contributed by atoms with Crippen LogP contribution in [0.4, 0.5) is 0 Å². The number of rotatable bonds is 8. The lowest BCUT2D eigenvalue weighted by atomic mass is 9.86. The molecule has 0 fully saturated rings. The van der Waals surface area contributed by atoms with Crippen LogP contribution in [-0.2, 0) is 6.42 Å². The Kier molecular flexibility index (Phi) is 6.62. The average Bonchev–Trinajstić information content (AvgIpc) is 2.72. The molecule has 116 valence electrons. The van der Waals surface area contributed by atoms with Crippen LogP contribution in [0.15, 0.2) is 0 Å². The Morgan fingerprint density at radius 2 is 1.95 bits per heavy atom. The monoisotopic (exact) mass is 297 g/mol. The van der Waals surface area contributed by atoms with Gasteiger partial charge in [0, 0.05) is 22.9 Å². The lowest BCUT2D eigenvalue weighted by Gasteiger charge is -2.43. The van der Waals surface area contributed by atoms with Crippen molar-refractivity contribution in [2.75, 3.05) is 20.6 Å². The SMILES string of the molecule is CCCNC(Cc1nc(C)c(C)s1)C(C)(CC)N(C)C. The van der Waals surface area contributed by atoms with Crippen LogP contribution >= 0.6 is 11.3 Å². The van der Waals surface area contributed by atoms with Gasteiger partial charge in [0.05, 0.1) is 10.7 Å². The molecule has 0 spiro atoms. The van der Waals surface area contributed by atoms with E-state index >= 15 is 0 Å². The van der Waals surface area contributed by atoms with Crippen LogP contribution in [0, 0.1) is 13.8 Å². The van der Waals surface area contributed by atoms with Crippen molar-refractivity contribution in [1.29, 1.82) is 0 Å². The van der Waals surface area contributed by atoms with Crippen LogP contribution in [0.5, 0.6) is 0 Å². The zero-order valence-corrected chi connectivity index (χ0v) is 15.0. The lowest BCUT2D eigenvalue weighted by Crippen LogP contribution is -2.57. The molecule has 2 atom stereocenters. The molecule has 0 aliphatic carbocycles. The lowest BCUT2D eigenvalue weighted by molar-refractivity contribution is 0.112. The standard InChI is InChI=1S/C16H31N3S/c1-8-10-17-14(16(5,9-2)19(6)7)11-15-18-12(3)13(4)20-15/h14,17H,8-11H2,1-7H3. The van der Waals surface area contributed by atoms with E-state index in [0.717, 1.165) is 19.4 Å². The van der Waals surface area contributed by atoms with Crippen LogP contribution < -0.4 is 5.32 Å². The molecule has 1 heterocycles. The van der Waals surface area contributed by atoms with Gasteiger partial charge in [0.25, 0.3) is 0 Å². The van der Waals surface area contributed by atoms with Gasteiger partial charge in [0.2, 0.25) is 0 Å². The van der Waals surface area contributed by atoms with E-state index in [2.05, 4.69) is 58.9 Å². The topological polar surface area (TPSA) is 28.2 Å². The van der Waals surface area contributed by atoms with Gasteiger partial charge in [0.15, 0.2) is 0 Å². The maximum absolute atomic E-state index is 4.73. The highest BCUT2D eigenvalue weighted by Crippen LogP contribution is 2.26. The molecule has 0 saturated heterocycles. The predicted octanol–water partition coefficient (Wildman–Crippen LogP) is 3.40. The second-order valence-corrected chi connectivity index (χ2v) is 7.35. The van der Waals surface area contributed by atoms with E-state index in [1.807, 2.05) is 11.3 Å². The molecule has 3 nitrogen and oxygen atoms in total. The molecule has 0 aliphatic heterocycles. The number of aryl methyl sites for hydroxylation is 2. The minimum atomic E-state index is 0.155. The van der Waals surface area contributed by atoms with Crippen molar-refractivity contribution in [3.05, 3.63) is 15.6 Å². The fraction of sp³-hybridized carbons (Fsp3) is 0.812. The summed E-state index contributed by atoms with van der Waals surface area (Å²) in [7, 11) is 4.37. The number of hydrogen-bond acceptors (Lipinski definition) is 4. The largest absolute Gasteiger partial charge is 0.312 e. The van der Waals surface area contributed by atoms with Gasteiger partial charge in [0.1, 0.15) is 0 Å². The van der Waals surface area contributed by atoms with Crippen LogP contribution in [-0.4, -0.2) is 42.1 Å². The summed E-state index contributed by atoms with van der Waals surface area (Å²) in [4.78, 5) is 8.42. The first-order valence-corrected chi connectivity index (χ1v) is 8.50. The fourth-order valence-corrected chi connectivity index (χ4v) is 3.49. The zero-order chi connectivity index (χ0) is 15.3. The summed E-state index contributed by atoms with van der Waals surface area (Å²) >= 11 is 1.84. The molecule has 0 radical (unpaired) electrons. The van der Waals surface area contributed by atoms with Gasteiger partial charge in [-0.3, -0.25) is 0 Å². The fourth-order valence-electron chi connectivity index (χ4n) is 2.51. The van der Waals surface area contributed by atoms with Gasteiger partial charge in [-0.05, 0) is 54.3 Å². The number of nitrogens with one attached hydrogen (secondary N) is 1. The molecule has 1 rings (SSSR count). The molecule has 4 heteroatoms. The molecular formula is C16H31N3S. The third-order valence-corrected chi connectivity index (χ3v) is 5.68. The molecule has 0 aliphatic rings. The average molecular weight is 298 g/mol. The second kappa shape index (κ2) is 7.53. The molecule has 1 N–H and O–H groups in total. The van der Waals surface area contributed by atoms with E-state index in [4.69, 9.17) is 4.98 Å². The minimum Gasteiger partial charge on any atom is -0.312 e. The molecule has 20 heavy (non-hydrogen) atoms. The number of likely N-dealkylation sites (N-methyl/N-ethyl adjacent to an activating group) is 1. The first-order chi connectivity index (χ1) is 9.35. The van der Waals surface area contributed by atoms with Crippen molar-refractivity contribution in [3.8, 4) is 0 Å². The molecule has 0 saturated carbocycles. The highest BCUT2D eigenvalue weighted by atomic mass is 32.1. The number of aromatic nitrogens is 1. The molecule has 0 aromatic carbocycles. The second-order valence-electron chi connectivity index (χ2n) is 6.07. The highest BCUT2D eigenvalue weighted by Gasteiger charge is 2.34. The maximum atomic E-state index is 4.73. The Morgan fingerprint density at radius 3 is 2.35 bits per heavy atom. The first kappa shape index (κ1) is 17.6. The quantitative estimate of drug-likeness (QED) is 0.797. The van der Waals surface area contributed by atoms with Crippen LogP contribution in [0.3, 0.4) is 0 Å². The zero-order valence-electron chi connectivity index (χ0n) is 14.2. The van der Waals surface area contributed by atoms with Gasteiger partial charge >= 0.3 is 0 Å². The van der Waals surface area contributed by atoms with Crippen molar-refractivity contribution in [2.45, 2.75) is 65.5 Å². The summed E-state index contributed by atoms with van der Waals surface area (Å²) in [6.45, 7) is 12.2. The molecule has 0 bridgehead atoms. The molecule has 1 aromatic rings. The normalized spacial score (nSPS) is 16.4. The summed E-state index contributed by atoms with van der Waals surface area (Å²) in [5.74, 6) is 0.